The number of nitrogens with zero attached hydrogens (tertiary/aromatic N) is 5. The Morgan fingerprint density at radius 1 is 1.04 bits per heavy atom. The zero-order valence-corrected chi connectivity index (χ0v) is 13.5. The monoisotopic (exact) mass is 333 g/mol. The summed E-state index contributed by atoms with van der Waals surface area (Å²) in [5, 5.41) is 7.18. The highest BCUT2D eigenvalue weighted by atomic mass is 15.2. The standard InChI is InChI=1S/C18H15N7.2H2/c1-11-4-2-5-12(8-11)17-23-18(25-24-17)15-16(19)21-10-14(22-15)13-6-3-7-20-9-13;;/h2-10H,1H3,(H2,19,21)(H,23,24,25);2*1H. The largest absolute Gasteiger partial charge is 0.382 e. The molecular weight excluding hydrogens is 314 g/mol. The Kier molecular flexibility index (Phi) is 3.66. The minimum absolute atomic E-state index is 0. The van der Waals surface area contributed by atoms with E-state index in [1.54, 1.807) is 18.6 Å². The number of aromatic nitrogens is 6. The molecule has 7 heteroatoms. The Morgan fingerprint density at radius 2 is 1.92 bits per heavy atom. The molecule has 3 aromatic heterocycles. The van der Waals surface area contributed by atoms with Crippen LogP contribution in [0.5, 0.6) is 0 Å². The summed E-state index contributed by atoms with van der Waals surface area (Å²) in [6, 6.07) is 11.7. The van der Waals surface area contributed by atoms with Gasteiger partial charge in [-0.05, 0) is 25.1 Å². The first-order chi connectivity index (χ1) is 12.2. The van der Waals surface area contributed by atoms with Gasteiger partial charge in [-0.1, -0.05) is 23.8 Å². The second-order valence-electron chi connectivity index (χ2n) is 5.61. The Hall–Kier alpha value is -3.61. The first-order valence-corrected chi connectivity index (χ1v) is 7.73. The molecule has 0 saturated heterocycles. The van der Waals surface area contributed by atoms with Crippen LogP contribution in [-0.2, 0) is 0 Å². The van der Waals surface area contributed by atoms with Gasteiger partial charge in [-0.15, -0.1) is 0 Å². The second-order valence-corrected chi connectivity index (χ2v) is 5.61. The fraction of sp³-hybridized carbons (Fsp3) is 0.0556. The number of pyridine rings is 1. The molecule has 0 amide bonds. The van der Waals surface area contributed by atoms with Crippen molar-refractivity contribution in [2.75, 3.05) is 5.73 Å². The van der Waals surface area contributed by atoms with Crippen molar-refractivity contribution in [2.24, 2.45) is 0 Å². The van der Waals surface area contributed by atoms with Crippen LogP contribution in [0.4, 0.5) is 5.82 Å². The summed E-state index contributed by atoms with van der Waals surface area (Å²) in [6.45, 7) is 2.03. The lowest BCUT2D eigenvalue weighted by Gasteiger charge is -2.04. The van der Waals surface area contributed by atoms with Crippen LogP contribution in [0.15, 0.2) is 55.0 Å². The predicted molar refractivity (Wildman–Crippen MR) is 99.5 cm³/mol. The van der Waals surface area contributed by atoms with Gasteiger partial charge in [0.1, 0.15) is 5.69 Å². The maximum atomic E-state index is 5.99. The van der Waals surface area contributed by atoms with Crippen LogP contribution in [0.1, 0.15) is 8.42 Å². The molecule has 7 nitrogen and oxygen atoms in total. The molecule has 0 atom stereocenters. The van der Waals surface area contributed by atoms with Crippen LogP contribution in [0.25, 0.3) is 34.2 Å². The maximum absolute atomic E-state index is 5.99. The van der Waals surface area contributed by atoms with Gasteiger partial charge in [0, 0.05) is 26.4 Å². The molecule has 4 rings (SSSR count). The van der Waals surface area contributed by atoms with Crippen LogP contribution in [0, 0.1) is 6.92 Å². The SMILES string of the molecule is Cc1cccc(-c2n[nH]c(-c3nc(-c4cccnc4)cnc3N)n2)c1.[HH].[HH]. The van der Waals surface area contributed by atoms with E-state index in [-0.39, 0.29) is 2.85 Å². The number of hydrogen-bond donors (Lipinski definition) is 2. The Labute approximate surface area is 147 Å². The normalized spacial score (nSPS) is 10.8. The molecule has 0 aliphatic heterocycles. The van der Waals surface area contributed by atoms with Gasteiger partial charge in [0.15, 0.2) is 17.5 Å². The summed E-state index contributed by atoms with van der Waals surface area (Å²) < 4.78 is 0. The van der Waals surface area contributed by atoms with E-state index in [0.29, 0.717) is 28.9 Å². The molecule has 0 aliphatic rings. The lowest BCUT2D eigenvalue weighted by Crippen LogP contribution is -2.00. The van der Waals surface area contributed by atoms with E-state index in [9.17, 15) is 0 Å². The highest BCUT2D eigenvalue weighted by molar-refractivity contribution is 5.69. The van der Waals surface area contributed by atoms with E-state index in [1.807, 2.05) is 43.3 Å². The number of nitrogens with two attached hydrogens (primary N) is 1. The number of aryl methyl sites for hydroxylation is 1. The van der Waals surface area contributed by atoms with E-state index in [1.165, 1.54) is 0 Å². The smallest absolute Gasteiger partial charge is 0.181 e. The van der Waals surface area contributed by atoms with Gasteiger partial charge in [-0.2, -0.15) is 5.10 Å². The third-order valence-electron chi connectivity index (χ3n) is 3.74. The van der Waals surface area contributed by atoms with Gasteiger partial charge in [-0.25, -0.2) is 15.0 Å². The summed E-state index contributed by atoms with van der Waals surface area (Å²) in [5.74, 6) is 1.36. The molecule has 0 spiro atoms. The zero-order chi connectivity index (χ0) is 17.2. The average molecular weight is 333 g/mol. The Balaban J connectivity index is 0.00000131. The quantitative estimate of drug-likeness (QED) is 0.595. The summed E-state index contributed by atoms with van der Waals surface area (Å²) in [7, 11) is 0. The number of nitrogens with one attached hydrogen (secondary N) is 1. The van der Waals surface area contributed by atoms with E-state index in [4.69, 9.17) is 5.73 Å². The zero-order valence-electron chi connectivity index (χ0n) is 13.5. The fourth-order valence-corrected chi connectivity index (χ4v) is 2.51. The van der Waals surface area contributed by atoms with E-state index in [0.717, 1.165) is 16.7 Å². The lowest BCUT2D eigenvalue weighted by molar-refractivity contribution is 1.08. The number of aromatic amines is 1. The third-order valence-corrected chi connectivity index (χ3v) is 3.74. The first kappa shape index (κ1) is 14.9. The van der Waals surface area contributed by atoms with Crippen molar-refractivity contribution in [2.45, 2.75) is 6.92 Å². The highest BCUT2D eigenvalue weighted by Gasteiger charge is 2.14. The number of rotatable bonds is 3. The molecule has 0 radical (unpaired) electrons. The lowest BCUT2D eigenvalue weighted by atomic mass is 10.1. The molecular formula is C18H19N7. The van der Waals surface area contributed by atoms with Crippen molar-refractivity contribution in [3.05, 3.63) is 60.6 Å². The van der Waals surface area contributed by atoms with Gasteiger partial charge in [0.2, 0.25) is 0 Å². The minimum Gasteiger partial charge on any atom is -0.382 e. The molecule has 3 heterocycles. The van der Waals surface area contributed by atoms with Gasteiger partial charge in [0.05, 0.1) is 11.9 Å². The minimum atomic E-state index is 0. The van der Waals surface area contributed by atoms with E-state index >= 15 is 0 Å². The van der Waals surface area contributed by atoms with Crippen LogP contribution < -0.4 is 5.73 Å². The molecule has 0 unspecified atom stereocenters. The predicted octanol–water partition coefficient (Wildman–Crippen LogP) is 3.37. The van der Waals surface area contributed by atoms with Crippen LogP contribution >= 0.6 is 0 Å². The molecule has 25 heavy (non-hydrogen) atoms. The number of nitrogen functional groups attached to an aromatic ring is 1. The highest BCUT2D eigenvalue weighted by Crippen LogP contribution is 2.25. The number of benzene rings is 1. The van der Waals surface area contributed by atoms with Crippen molar-refractivity contribution < 1.29 is 2.85 Å². The van der Waals surface area contributed by atoms with Crippen LogP contribution in [-0.4, -0.2) is 30.1 Å². The van der Waals surface area contributed by atoms with Crippen LogP contribution in [0.3, 0.4) is 0 Å². The van der Waals surface area contributed by atoms with Crippen LogP contribution in [0.2, 0.25) is 0 Å². The second kappa shape index (κ2) is 6.12. The summed E-state index contributed by atoms with van der Waals surface area (Å²) in [6.07, 6.45) is 5.05. The molecule has 1 aromatic carbocycles. The topological polar surface area (TPSA) is 106 Å². The van der Waals surface area contributed by atoms with Crippen molar-refractivity contribution >= 4 is 5.82 Å². The summed E-state index contributed by atoms with van der Waals surface area (Å²) in [4.78, 5) is 17.4. The van der Waals surface area contributed by atoms with Gasteiger partial charge < -0.3 is 5.73 Å². The number of hydrogen-bond acceptors (Lipinski definition) is 6. The van der Waals surface area contributed by atoms with Crippen molar-refractivity contribution in [3.8, 4) is 34.2 Å². The molecule has 126 valence electrons. The maximum Gasteiger partial charge on any atom is 0.181 e. The van der Waals surface area contributed by atoms with Gasteiger partial charge >= 0.3 is 0 Å². The van der Waals surface area contributed by atoms with E-state index < -0.39 is 0 Å². The van der Waals surface area contributed by atoms with E-state index in [2.05, 4.69) is 30.1 Å². The Bertz CT molecular complexity index is 1030. The molecule has 0 bridgehead atoms. The first-order valence-electron chi connectivity index (χ1n) is 7.73. The van der Waals surface area contributed by atoms with Gasteiger partial charge in [-0.3, -0.25) is 10.1 Å². The van der Waals surface area contributed by atoms with Crippen molar-refractivity contribution in [1.82, 2.24) is 30.1 Å². The molecule has 0 fully saturated rings. The molecule has 0 saturated carbocycles. The van der Waals surface area contributed by atoms with Crippen molar-refractivity contribution in [3.63, 3.8) is 0 Å². The number of H-pyrrole nitrogens is 1. The molecule has 4 aromatic rings. The van der Waals surface area contributed by atoms with Gasteiger partial charge in [0.25, 0.3) is 0 Å². The number of anilines is 1. The van der Waals surface area contributed by atoms with Crippen molar-refractivity contribution in [1.29, 1.82) is 0 Å². The molecule has 0 aliphatic carbocycles. The third kappa shape index (κ3) is 2.94. The fourth-order valence-electron chi connectivity index (χ4n) is 2.51. The summed E-state index contributed by atoms with van der Waals surface area (Å²) in [5.41, 5.74) is 10.1. The Morgan fingerprint density at radius 3 is 2.72 bits per heavy atom. The average Bonchev–Trinajstić information content (AvgIpc) is 3.13. The summed E-state index contributed by atoms with van der Waals surface area (Å²) >= 11 is 0. The molecule has 3 N–H and O–H groups in total.